The van der Waals surface area contributed by atoms with Gasteiger partial charge < -0.3 is 15.2 Å². The van der Waals surface area contributed by atoms with E-state index in [0.717, 1.165) is 16.5 Å². The van der Waals surface area contributed by atoms with Gasteiger partial charge in [-0.1, -0.05) is 57.2 Å². The summed E-state index contributed by atoms with van der Waals surface area (Å²) in [5.74, 6) is 0.649. The highest BCUT2D eigenvalue weighted by Gasteiger charge is 2.21. The smallest absolute Gasteiger partial charge is 0.225 e. The fraction of sp³-hybridized carbons (Fsp3) is 0.389. The molecule has 0 aliphatic carbocycles. The molecular formula is C18H23NO3. The molecule has 2 rings (SSSR count). The highest BCUT2D eigenvalue weighted by Crippen LogP contribution is 2.25. The molecule has 1 amide bonds. The molecule has 0 fully saturated rings. The Morgan fingerprint density at radius 2 is 1.86 bits per heavy atom. The number of carbonyl (C=O) groups is 1. The summed E-state index contributed by atoms with van der Waals surface area (Å²) in [5, 5.41) is 14.8. The molecule has 0 aliphatic rings. The molecule has 0 saturated carbocycles. The number of aliphatic hydroxyl groups is 1. The fourth-order valence-electron chi connectivity index (χ4n) is 2.04. The Labute approximate surface area is 131 Å². The van der Waals surface area contributed by atoms with E-state index >= 15 is 0 Å². The van der Waals surface area contributed by atoms with Crippen LogP contribution in [0.1, 0.15) is 20.8 Å². The standard InChI is InChI=1S/C18H23NO3/c1-18(2,3)17(21)19-11-14(20)12-22-16-10-6-8-13-7-4-5-9-15(13)16/h4-10,14,20H,11-12H2,1-3H3,(H,19,21)/t14-/m1/s1. The number of benzene rings is 2. The molecule has 0 spiro atoms. The number of hydrogen-bond donors (Lipinski definition) is 2. The van der Waals surface area contributed by atoms with E-state index in [1.54, 1.807) is 0 Å². The van der Waals surface area contributed by atoms with Crippen molar-refractivity contribution in [2.45, 2.75) is 26.9 Å². The third-order valence-corrected chi connectivity index (χ3v) is 3.36. The van der Waals surface area contributed by atoms with Crippen LogP contribution in [0.2, 0.25) is 0 Å². The van der Waals surface area contributed by atoms with Crippen molar-refractivity contribution >= 4 is 16.7 Å². The summed E-state index contributed by atoms with van der Waals surface area (Å²) in [6.07, 6.45) is -0.745. The molecule has 2 aromatic carbocycles. The minimum Gasteiger partial charge on any atom is -0.490 e. The van der Waals surface area contributed by atoms with E-state index in [-0.39, 0.29) is 19.1 Å². The molecule has 0 saturated heterocycles. The molecule has 0 heterocycles. The minimum atomic E-state index is -0.745. The molecule has 4 nitrogen and oxygen atoms in total. The maximum absolute atomic E-state index is 11.8. The van der Waals surface area contributed by atoms with Gasteiger partial charge in [-0.2, -0.15) is 0 Å². The average Bonchev–Trinajstić information content (AvgIpc) is 2.49. The summed E-state index contributed by atoms with van der Waals surface area (Å²) in [5.41, 5.74) is -0.462. The first-order chi connectivity index (χ1) is 10.4. The van der Waals surface area contributed by atoms with E-state index in [0.29, 0.717) is 0 Å². The van der Waals surface area contributed by atoms with E-state index in [1.165, 1.54) is 0 Å². The molecule has 0 bridgehead atoms. The SMILES string of the molecule is CC(C)(C)C(=O)NC[C@@H](O)COc1cccc2ccccc12. The molecule has 1 atom stereocenters. The Balaban J connectivity index is 1.91. The van der Waals surface area contributed by atoms with Crippen molar-refractivity contribution in [3.63, 3.8) is 0 Å². The van der Waals surface area contributed by atoms with Crippen LogP contribution in [0.25, 0.3) is 10.8 Å². The van der Waals surface area contributed by atoms with Crippen molar-refractivity contribution in [3.8, 4) is 5.75 Å². The summed E-state index contributed by atoms with van der Waals surface area (Å²) in [4.78, 5) is 11.8. The predicted octanol–water partition coefficient (Wildman–Crippen LogP) is 2.74. The second kappa shape index (κ2) is 6.79. The van der Waals surface area contributed by atoms with E-state index in [2.05, 4.69) is 5.32 Å². The summed E-state index contributed by atoms with van der Waals surface area (Å²) in [7, 11) is 0. The van der Waals surface area contributed by atoms with E-state index < -0.39 is 11.5 Å². The van der Waals surface area contributed by atoms with E-state index in [1.807, 2.05) is 63.2 Å². The first-order valence-corrected chi connectivity index (χ1v) is 7.45. The first kappa shape index (κ1) is 16.3. The van der Waals surface area contributed by atoms with Crippen LogP contribution in [0.4, 0.5) is 0 Å². The predicted molar refractivity (Wildman–Crippen MR) is 87.9 cm³/mol. The molecule has 0 aliphatic heterocycles. The lowest BCUT2D eigenvalue weighted by Crippen LogP contribution is -2.40. The molecule has 0 aromatic heterocycles. The van der Waals surface area contributed by atoms with Crippen LogP contribution >= 0.6 is 0 Å². The average molecular weight is 301 g/mol. The third-order valence-electron chi connectivity index (χ3n) is 3.36. The van der Waals surface area contributed by atoms with Gasteiger partial charge >= 0.3 is 0 Å². The van der Waals surface area contributed by atoms with E-state index in [4.69, 9.17) is 4.74 Å². The number of amides is 1. The van der Waals surface area contributed by atoms with Gasteiger partial charge in [-0.25, -0.2) is 0 Å². The van der Waals surface area contributed by atoms with Gasteiger partial charge in [0, 0.05) is 17.3 Å². The Bertz CT molecular complexity index is 641. The van der Waals surface area contributed by atoms with Gasteiger partial charge in [0.1, 0.15) is 18.5 Å². The van der Waals surface area contributed by atoms with E-state index in [9.17, 15) is 9.90 Å². The second-order valence-electron chi connectivity index (χ2n) is 6.40. The van der Waals surface area contributed by atoms with Crippen LogP contribution in [-0.4, -0.2) is 30.3 Å². The Hall–Kier alpha value is -2.07. The number of aliphatic hydroxyl groups excluding tert-OH is 1. The van der Waals surface area contributed by atoms with Crippen molar-refractivity contribution in [1.29, 1.82) is 0 Å². The molecule has 2 aromatic rings. The van der Waals surface area contributed by atoms with Crippen molar-refractivity contribution in [2.24, 2.45) is 5.41 Å². The van der Waals surface area contributed by atoms with Gasteiger partial charge in [0.2, 0.25) is 5.91 Å². The van der Waals surface area contributed by atoms with Gasteiger partial charge in [0.05, 0.1) is 0 Å². The third kappa shape index (κ3) is 4.21. The van der Waals surface area contributed by atoms with Gasteiger partial charge in [0.25, 0.3) is 0 Å². The van der Waals surface area contributed by atoms with Crippen molar-refractivity contribution in [2.75, 3.05) is 13.2 Å². The van der Waals surface area contributed by atoms with Crippen LogP contribution in [-0.2, 0) is 4.79 Å². The lowest BCUT2D eigenvalue weighted by Gasteiger charge is -2.20. The lowest BCUT2D eigenvalue weighted by molar-refractivity contribution is -0.129. The van der Waals surface area contributed by atoms with Crippen LogP contribution in [0.5, 0.6) is 5.75 Å². The molecule has 0 radical (unpaired) electrons. The number of ether oxygens (including phenoxy) is 1. The summed E-state index contributed by atoms with van der Waals surface area (Å²) >= 11 is 0. The van der Waals surface area contributed by atoms with Gasteiger partial charge in [-0.05, 0) is 11.5 Å². The minimum absolute atomic E-state index is 0.0864. The van der Waals surface area contributed by atoms with Crippen LogP contribution in [0.15, 0.2) is 42.5 Å². The molecule has 4 heteroatoms. The lowest BCUT2D eigenvalue weighted by atomic mass is 9.96. The quantitative estimate of drug-likeness (QED) is 0.893. The van der Waals surface area contributed by atoms with Gasteiger partial charge in [-0.3, -0.25) is 4.79 Å². The van der Waals surface area contributed by atoms with Crippen molar-refractivity contribution < 1.29 is 14.6 Å². The molecule has 118 valence electrons. The Morgan fingerprint density at radius 3 is 2.59 bits per heavy atom. The second-order valence-corrected chi connectivity index (χ2v) is 6.40. The largest absolute Gasteiger partial charge is 0.490 e. The normalized spacial score (nSPS) is 12.9. The summed E-state index contributed by atoms with van der Waals surface area (Å²) in [6.45, 7) is 5.82. The number of fused-ring (bicyclic) bond motifs is 1. The van der Waals surface area contributed by atoms with Crippen LogP contribution in [0, 0.1) is 5.41 Å². The topological polar surface area (TPSA) is 58.6 Å². The zero-order chi connectivity index (χ0) is 16.2. The number of nitrogens with one attached hydrogen (secondary N) is 1. The van der Waals surface area contributed by atoms with Crippen molar-refractivity contribution in [1.82, 2.24) is 5.32 Å². The van der Waals surface area contributed by atoms with Gasteiger partial charge in [0.15, 0.2) is 0 Å². The zero-order valence-electron chi connectivity index (χ0n) is 13.3. The van der Waals surface area contributed by atoms with Crippen molar-refractivity contribution in [3.05, 3.63) is 42.5 Å². The highest BCUT2D eigenvalue weighted by molar-refractivity contribution is 5.88. The number of rotatable bonds is 5. The summed E-state index contributed by atoms with van der Waals surface area (Å²) < 4.78 is 5.70. The highest BCUT2D eigenvalue weighted by atomic mass is 16.5. The molecule has 2 N–H and O–H groups in total. The zero-order valence-corrected chi connectivity index (χ0v) is 13.3. The molecular weight excluding hydrogens is 278 g/mol. The Morgan fingerprint density at radius 1 is 1.18 bits per heavy atom. The maximum atomic E-state index is 11.8. The summed E-state index contributed by atoms with van der Waals surface area (Å²) in [6, 6.07) is 13.7. The number of hydrogen-bond acceptors (Lipinski definition) is 3. The van der Waals surface area contributed by atoms with Crippen LogP contribution in [0.3, 0.4) is 0 Å². The van der Waals surface area contributed by atoms with Gasteiger partial charge in [-0.15, -0.1) is 0 Å². The molecule has 22 heavy (non-hydrogen) atoms. The first-order valence-electron chi connectivity index (χ1n) is 7.45. The Kier molecular flexibility index (Phi) is 5.03. The molecule has 0 unspecified atom stereocenters. The fourth-order valence-corrected chi connectivity index (χ4v) is 2.04. The van der Waals surface area contributed by atoms with Crippen LogP contribution < -0.4 is 10.1 Å². The monoisotopic (exact) mass is 301 g/mol. The number of carbonyl (C=O) groups excluding carboxylic acids is 1. The maximum Gasteiger partial charge on any atom is 0.225 e.